The zero-order valence-corrected chi connectivity index (χ0v) is 12.2. The van der Waals surface area contributed by atoms with Crippen molar-refractivity contribution in [3.05, 3.63) is 17.7 Å². The van der Waals surface area contributed by atoms with Crippen molar-refractivity contribution in [2.45, 2.75) is 58.5 Å². The second-order valence-corrected chi connectivity index (χ2v) is 6.19. The molecule has 0 atom stereocenters. The zero-order valence-electron chi connectivity index (χ0n) is 12.2. The Morgan fingerprint density at radius 3 is 2.95 bits per heavy atom. The summed E-state index contributed by atoms with van der Waals surface area (Å²) in [6.07, 6.45) is 6.65. The molecule has 0 amide bonds. The van der Waals surface area contributed by atoms with Crippen LogP contribution in [0.4, 0.5) is 0 Å². The van der Waals surface area contributed by atoms with E-state index in [0.29, 0.717) is 12.5 Å². The van der Waals surface area contributed by atoms with Crippen LogP contribution < -0.4 is 11.1 Å². The molecule has 1 aromatic rings. The average Bonchev–Trinajstić information content (AvgIpc) is 2.68. The minimum absolute atomic E-state index is 0.0406. The minimum Gasteiger partial charge on any atom is -0.370 e. The van der Waals surface area contributed by atoms with Gasteiger partial charge in [-0.1, -0.05) is 0 Å². The highest BCUT2D eigenvalue weighted by Crippen LogP contribution is 2.14. The van der Waals surface area contributed by atoms with Gasteiger partial charge in [-0.2, -0.15) is 0 Å². The first-order chi connectivity index (χ1) is 8.94. The van der Waals surface area contributed by atoms with E-state index in [1.807, 2.05) is 0 Å². The van der Waals surface area contributed by atoms with Gasteiger partial charge in [-0.3, -0.25) is 4.99 Å². The lowest BCUT2D eigenvalue weighted by molar-refractivity contribution is 0.508. The summed E-state index contributed by atoms with van der Waals surface area (Å²) in [5.74, 6) is 1.74. The topological polar surface area (TPSA) is 68.2 Å². The Bertz CT molecular complexity index is 429. The van der Waals surface area contributed by atoms with Crippen LogP contribution in [0, 0.1) is 0 Å². The number of aryl methyl sites for hydroxylation is 2. The van der Waals surface area contributed by atoms with Gasteiger partial charge in [0.2, 0.25) is 0 Å². The summed E-state index contributed by atoms with van der Waals surface area (Å²) in [5, 5.41) is 3.16. The van der Waals surface area contributed by atoms with Crippen molar-refractivity contribution in [2.24, 2.45) is 10.7 Å². The molecule has 0 saturated carbocycles. The molecular formula is C14H25N5. The van der Waals surface area contributed by atoms with Crippen LogP contribution in [0.2, 0.25) is 0 Å². The first kappa shape index (κ1) is 13.9. The summed E-state index contributed by atoms with van der Waals surface area (Å²) in [4.78, 5) is 9.00. The highest BCUT2D eigenvalue weighted by molar-refractivity contribution is 5.78. The molecule has 0 spiro atoms. The number of nitrogens with two attached hydrogens (primary N) is 1. The monoisotopic (exact) mass is 263 g/mol. The second-order valence-electron chi connectivity index (χ2n) is 6.19. The van der Waals surface area contributed by atoms with Crippen molar-refractivity contribution in [1.82, 2.24) is 14.9 Å². The lowest BCUT2D eigenvalue weighted by Crippen LogP contribution is -2.45. The van der Waals surface area contributed by atoms with Gasteiger partial charge in [0.05, 0.1) is 5.69 Å². The maximum atomic E-state index is 5.83. The SMILES string of the molecule is CC(C)(C)NC(N)=NCCc1cn2c(n1)CCCC2. The van der Waals surface area contributed by atoms with E-state index >= 15 is 0 Å². The van der Waals surface area contributed by atoms with Crippen LogP contribution in [0.25, 0.3) is 0 Å². The van der Waals surface area contributed by atoms with Crippen molar-refractivity contribution in [1.29, 1.82) is 0 Å². The van der Waals surface area contributed by atoms with Gasteiger partial charge in [-0.05, 0) is 33.6 Å². The third-order valence-corrected chi connectivity index (χ3v) is 3.11. The van der Waals surface area contributed by atoms with Crippen molar-refractivity contribution in [3.8, 4) is 0 Å². The van der Waals surface area contributed by atoms with Crippen LogP contribution in [0.3, 0.4) is 0 Å². The van der Waals surface area contributed by atoms with E-state index in [1.54, 1.807) is 0 Å². The van der Waals surface area contributed by atoms with Crippen LogP contribution >= 0.6 is 0 Å². The molecular weight excluding hydrogens is 238 g/mol. The number of imidazole rings is 1. The molecule has 3 N–H and O–H groups in total. The average molecular weight is 263 g/mol. The molecule has 0 unspecified atom stereocenters. The minimum atomic E-state index is -0.0406. The first-order valence-electron chi connectivity index (χ1n) is 7.07. The van der Waals surface area contributed by atoms with Crippen molar-refractivity contribution < 1.29 is 0 Å². The molecule has 0 aliphatic carbocycles. The molecule has 106 valence electrons. The lowest BCUT2D eigenvalue weighted by atomic mass is 10.1. The standard InChI is InChI=1S/C14H25N5/c1-14(2,3)18-13(15)16-8-7-11-10-19-9-5-4-6-12(19)17-11/h10H,4-9H2,1-3H3,(H3,15,16,18). The van der Waals surface area contributed by atoms with Crippen LogP contribution in [0.1, 0.15) is 45.1 Å². The number of hydrogen-bond acceptors (Lipinski definition) is 2. The second kappa shape index (κ2) is 5.63. The Labute approximate surface area is 115 Å². The number of hydrogen-bond donors (Lipinski definition) is 2. The van der Waals surface area contributed by atoms with Crippen molar-refractivity contribution in [3.63, 3.8) is 0 Å². The van der Waals surface area contributed by atoms with Gasteiger partial charge >= 0.3 is 0 Å². The first-order valence-corrected chi connectivity index (χ1v) is 7.07. The quantitative estimate of drug-likeness (QED) is 0.641. The molecule has 2 heterocycles. The summed E-state index contributed by atoms with van der Waals surface area (Å²) >= 11 is 0. The molecule has 0 bridgehead atoms. The van der Waals surface area contributed by atoms with Crippen molar-refractivity contribution in [2.75, 3.05) is 6.54 Å². The maximum Gasteiger partial charge on any atom is 0.188 e. The fourth-order valence-electron chi connectivity index (χ4n) is 2.31. The molecule has 5 heteroatoms. The fourth-order valence-corrected chi connectivity index (χ4v) is 2.31. The number of fused-ring (bicyclic) bond motifs is 1. The number of aromatic nitrogens is 2. The summed E-state index contributed by atoms with van der Waals surface area (Å²) in [7, 11) is 0. The molecule has 0 aromatic carbocycles. The number of aliphatic imine (C=N–C) groups is 1. The molecule has 1 aliphatic rings. The predicted octanol–water partition coefficient (Wildman–Crippen LogP) is 1.46. The summed E-state index contributed by atoms with van der Waals surface area (Å²) in [5.41, 5.74) is 6.92. The lowest BCUT2D eigenvalue weighted by Gasteiger charge is -2.20. The van der Waals surface area contributed by atoms with Gasteiger partial charge in [-0.15, -0.1) is 0 Å². The predicted molar refractivity (Wildman–Crippen MR) is 78.2 cm³/mol. The third kappa shape index (κ3) is 4.26. The van der Waals surface area contributed by atoms with Gasteiger partial charge in [0.15, 0.2) is 5.96 Å². The van der Waals surface area contributed by atoms with Crippen LogP contribution in [0.15, 0.2) is 11.2 Å². The zero-order chi connectivity index (χ0) is 13.9. The molecule has 0 radical (unpaired) electrons. The number of nitrogens with zero attached hydrogens (tertiary/aromatic N) is 3. The molecule has 19 heavy (non-hydrogen) atoms. The van der Waals surface area contributed by atoms with E-state index in [2.05, 4.69) is 46.8 Å². The van der Waals surface area contributed by atoms with Gasteiger partial charge in [0, 0.05) is 37.7 Å². The van der Waals surface area contributed by atoms with Crippen LogP contribution in [-0.4, -0.2) is 27.6 Å². The van der Waals surface area contributed by atoms with Gasteiger partial charge in [-0.25, -0.2) is 4.98 Å². The normalized spacial score (nSPS) is 16.3. The fraction of sp³-hybridized carbons (Fsp3) is 0.714. The molecule has 2 rings (SSSR count). The number of guanidine groups is 1. The van der Waals surface area contributed by atoms with E-state index < -0.39 is 0 Å². The van der Waals surface area contributed by atoms with Crippen molar-refractivity contribution >= 4 is 5.96 Å². The Morgan fingerprint density at radius 1 is 1.47 bits per heavy atom. The van der Waals surface area contributed by atoms with Crippen LogP contribution in [-0.2, 0) is 19.4 Å². The molecule has 0 fully saturated rings. The van der Waals surface area contributed by atoms with E-state index in [-0.39, 0.29) is 5.54 Å². The largest absolute Gasteiger partial charge is 0.370 e. The van der Waals surface area contributed by atoms with Gasteiger partial charge < -0.3 is 15.6 Å². The van der Waals surface area contributed by atoms with E-state index in [0.717, 1.165) is 25.1 Å². The Hall–Kier alpha value is -1.52. The van der Waals surface area contributed by atoms with E-state index in [9.17, 15) is 0 Å². The number of nitrogens with one attached hydrogen (secondary N) is 1. The Kier molecular flexibility index (Phi) is 4.12. The smallest absolute Gasteiger partial charge is 0.188 e. The summed E-state index contributed by atoms with van der Waals surface area (Å²) < 4.78 is 2.28. The molecule has 5 nitrogen and oxygen atoms in total. The molecule has 0 saturated heterocycles. The summed E-state index contributed by atoms with van der Waals surface area (Å²) in [6, 6.07) is 0. The van der Waals surface area contributed by atoms with E-state index in [1.165, 1.54) is 18.7 Å². The highest BCUT2D eigenvalue weighted by atomic mass is 15.1. The van der Waals surface area contributed by atoms with E-state index in [4.69, 9.17) is 5.73 Å². The third-order valence-electron chi connectivity index (χ3n) is 3.11. The van der Waals surface area contributed by atoms with Crippen LogP contribution in [0.5, 0.6) is 0 Å². The summed E-state index contributed by atoms with van der Waals surface area (Å²) in [6.45, 7) is 8.00. The van der Waals surface area contributed by atoms with Gasteiger partial charge in [0.1, 0.15) is 5.82 Å². The van der Waals surface area contributed by atoms with Gasteiger partial charge in [0.25, 0.3) is 0 Å². The maximum absolute atomic E-state index is 5.83. The Morgan fingerprint density at radius 2 is 2.26 bits per heavy atom. The molecule has 1 aromatic heterocycles. The number of rotatable bonds is 3. The Balaban J connectivity index is 1.85. The molecule has 1 aliphatic heterocycles. The highest BCUT2D eigenvalue weighted by Gasteiger charge is 2.12.